The highest BCUT2D eigenvalue weighted by Gasteiger charge is 2.13. The second-order valence-electron chi connectivity index (χ2n) is 4.67. The molecule has 90 valence electrons. The van der Waals surface area contributed by atoms with E-state index in [9.17, 15) is 4.39 Å². The average molecular weight is 232 g/mol. The van der Waals surface area contributed by atoms with E-state index >= 15 is 0 Å². The summed E-state index contributed by atoms with van der Waals surface area (Å²) < 4.78 is 13.1. The lowest BCUT2D eigenvalue weighted by molar-refractivity contribution is 0.626. The summed E-state index contributed by atoms with van der Waals surface area (Å²) in [6, 6.07) is 6.74. The van der Waals surface area contributed by atoms with Gasteiger partial charge in [0.25, 0.3) is 0 Å². The first kappa shape index (κ1) is 11.8. The SMILES string of the molecule is Cc1[nH]nc(C(C)C)c1Cc1cccc(F)c1. The number of nitrogens with one attached hydrogen (secondary N) is 1. The molecule has 0 radical (unpaired) electrons. The van der Waals surface area contributed by atoms with Gasteiger partial charge >= 0.3 is 0 Å². The maximum atomic E-state index is 13.1. The number of aryl methyl sites for hydroxylation is 1. The third kappa shape index (κ3) is 2.54. The van der Waals surface area contributed by atoms with Crippen LogP contribution in [0.4, 0.5) is 4.39 Å². The first-order chi connectivity index (χ1) is 8.08. The molecular formula is C14H17FN2. The van der Waals surface area contributed by atoms with Crippen LogP contribution in [0.1, 0.15) is 42.3 Å². The summed E-state index contributed by atoms with van der Waals surface area (Å²) in [7, 11) is 0. The molecule has 0 spiro atoms. The molecule has 1 N–H and O–H groups in total. The molecule has 17 heavy (non-hydrogen) atoms. The quantitative estimate of drug-likeness (QED) is 0.861. The molecular weight excluding hydrogens is 215 g/mol. The fraction of sp³-hybridized carbons (Fsp3) is 0.357. The molecule has 1 aromatic heterocycles. The Kier molecular flexibility index (Phi) is 3.27. The molecule has 0 amide bonds. The number of H-pyrrole nitrogens is 1. The number of hydrogen-bond donors (Lipinski definition) is 1. The zero-order chi connectivity index (χ0) is 12.4. The second kappa shape index (κ2) is 4.70. The summed E-state index contributed by atoms with van der Waals surface area (Å²) in [6.45, 7) is 6.24. The average Bonchev–Trinajstić information content (AvgIpc) is 2.61. The molecule has 0 bridgehead atoms. The van der Waals surface area contributed by atoms with E-state index in [2.05, 4.69) is 24.0 Å². The number of aromatic nitrogens is 2. The molecule has 0 aliphatic heterocycles. The predicted octanol–water partition coefficient (Wildman–Crippen LogP) is 3.57. The number of nitrogens with zero attached hydrogens (tertiary/aromatic N) is 1. The van der Waals surface area contributed by atoms with E-state index in [0.29, 0.717) is 5.92 Å². The van der Waals surface area contributed by atoms with Gasteiger partial charge in [-0.05, 0) is 30.5 Å². The zero-order valence-electron chi connectivity index (χ0n) is 10.4. The van der Waals surface area contributed by atoms with Crippen LogP contribution in [0.3, 0.4) is 0 Å². The molecule has 0 aliphatic rings. The molecule has 0 saturated heterocycles. The minimum atomic E-state index is -0.185. The Morgan fingerprint density at radius 3 is 2.76 bits per heavy atom. The van der Waals surface area contributed by atoms with Gasteiger partial charge in [0.15, 0.2) is 0 Å². The first-order valence-corrected chi connectivity index (χ1v) is 5.86. The predicted molar refractivity (Wildman–Crippen MR) is 66.6 cm³/mol. The molecule has 0 aliphatic carbocycles. The van der Waals surface area contributed by atoms with Crippen molar-refractivity contribution >= 4 is 0 Å². The van der Waals surface area contributed by atoms with Crippen molar-refractivity contribution in [3.8, 4) is 0 Å². The van der Waals surface area contributed by atoms with Crippen LogP contribution in [-0.2, 0) is 6.42 Å². The van der Waals surface area contributed by atoms with Gasteiger partial charge in [0.05, 0.1) is 5.69 Å². The fourth-order valence-electron chi connectivity index (χ4n) is 2.02. The molecule has 2 rings (SSSR count). The van der Waals surface area contributed by atoms with Gasteiger partial charge in [-0.2, -0.15) is 5.10 Å². The fourth-order valence-corrected chi connectivity index (χ4v) is 2.02. The number of halogens is 1. The minimum Gasteiger partial charge on any atom is -0.282 e. The van der Waals surface area contributed by atoms with Crippen LogP contribution >= 0.6 is 0 Å². The topological polar surface area (TPSA) is 28.7 Å². The molecule has 1 heterocycles. The monoisotopic (exact) mass is 232 g/mol. The summed E-state index contributed by atoms with van der Waals surface area (Å²) >= 11 is 0. The summed E-state index contributed by atoms with van der Waals surface area (Å²) in [6.07, 6.45) is 0.730. The zero-order valence-corrected chi connectivity index (χ0v) is 10.4. The maximum absolute atomic E-state index is 13.1. The van der Waals surface area contributed by atoms with Crippen molar-refractivity contribution in [1.29, 1.82) is 0 Å². The highest BCUT2D eigenvalue weighted by Crippen LogP contribution is 2.22. The first-order valence-electron chi connectivity index (χ1n) is 5.86. The van der Waals surface area contributed by atoms with E-state index in [-0.39, 0.29) is 5.82 Å². The number of rotatable bonds is 3. The van der Waals surface area contributed by atoms with Gasteiger partial charge in [-0.25, -0.2) is 4.39 Å². The molecule has 0 atom stereocenters. The van der Waals surface area contributed by atoms with Crippen molar-refractivity contribution in [3.05, 3.63) is 52.6 Å². The Labute approximate surface area is 101 Å². The lowest BCUT2D eigenvalue weighted by atomic mass is 9.98. The Balaban J connectivity index is 2.32. The van der Waals surface area contributed by atoms with E-state index in [0.717, 1.165) is 23.4 Å². The van der Waals surface area contributed by atoms with Crippen LogP contribution < -0.4 is 0 Å². The number of benzene rings is 1. The van der Waals surface area contributed by atoms with E-state index < -0.39 is 0 Å². The van der Waals surface area contributed by atoms with Gasteiger partial charge in [0, 0.05) is 17.7 Å². The van der Waals surface area contributed by atoms with Crippen LogP contribution in [0.2, 0.25) is 0 Å². The molecule has 0 fully saturated rings. The van der Waals surface area contributed by atoms with Crippen molar-refractivity contribution in [3.63, 3.8) is 0 Å². The highest BCUT2D eigenvalue weighted by molar-refractivity contribution is 5.33. The summed E-state index contributed by atoms with van der Waals surface area (Å²) in [4.78, 5) is 0. The van der Waals surface area contributed by atoms with Gasteiger partial charge in [-0.15, -0.1) is 0 Å². The van der Waals surface area contributed by atoms with E-state index in [1.807, 2.05) is 13.0 Å². The van der Waals surface area contributed by atoms with Crippen molar-refractivity contribution in [1.82, 2.24) is 10.2 Å². The minimum absolute atomic E-state index is 0.185. The van der Waals surface area contributed by atoms with Crippen LogP contribution in [0.15, 0.2) is 24.3 Å². The van der Waals surface area contributed by atoms with Crippen molar-refractivity contribution < 1.29 is 4.39 Å². The second-order valence-corrected chi connectivity index (χ2v) is 4.67. The van der Waals surface area contributed by atoms with Gasteiger partial charge in [-0.3, -0.25) is 5.10 Å². The van der Waals surface area contributed by atoms with Crippen molar-refractivity contribution in [2.45, 2.75) is 33.1 Å². The van der Waals surface area contributed by atoms with Gasteiger partial charge in [0.2, 0.25) is 0 Å². The number of hydrogen-bond acceptors (Lipinski definition) is 1. The Morgan fingerprint density at radius 1 is 1.35 bits per heavy atom. The summed E-state index contributed by atoms with van der Waals surface area (Å²) in [5, 5.41) is 7.32. The van der Waals surface area contributed by atoms with Crippen molar-refractivity contribution in [2.75, 3.05) is 0 Å². The lowest BCUT2D eigenvalue weighted by Gasteiger charge is -2.07. The number of aromatic amines is 1. The van der Waals surface area contributed by atoms with Gasteiger partial charge in [0.1, 0.15) is 5.82 Å². The van der Waals surface area contributed by atoms with Crippen LogP contribution in [0, 0.1) is 12.7 Å². The van der Waals surface area contributed by atoms with Gasteiger partial charge < -0.3 is 0 Å². The summed E-state index contributed by atoms with van der Waals surface area (Å²) in [5.41, 5.74) is 4.31. The molecule has 2 nitrogen and oxygen atoms in total. The van der Waals surface area contributed by atoms with E-state index in [1.165, 1.54) is 11.6 Å². The normalized spacial score (nSPS) is 11.1. The third-order valence-corrected chi connectivity index (χ3v) is 2.92. The van der Waals surface area contributed by atoms with Gasteiger partial charge in [-0.1, -0.05) is 26.0 Å². The molecule has 0 saturated carbocycles. The van der Waals surface area contributed by atoms with Crippen LogP contribution in [0.5, 0.6) is 0 Å². The Bertz CT molecular complexity index is 515. The van der Waals surface area contributed by atoms with E-state index in [1.54, 1.807) is 12.1 Å². The van der Waals surface area contributed by atoms with E-state index in [4.69, 9.17) is 0 Å². The summed E-state index contributed by atoms with van der Waals surface area (Å²) in [5.74, 6) is 0.193. The molecule has 3 heteroatoms. The van der Waals surface area contributed by atoms with Crippen LogP contribution in [0.25, 0.3) is 0 Å². The molecule has 2 aromatic rings. The third-order valence-electron chi connectivity index (χ3n) is 2.92. The van der Waals surface area contributed by atoms with Crippen molar-refractivity contribution in [2.24, 2.45) is 0 Å². The molecule has 1 aromatic carbocycles. The smallest absolute Gasteiger partial charge is 0.123 e. The van der Waals surface area contributed by atoms with Crippen LogP contribution in [-0.4, -0.2) is 10.2 Å². The highest BCUT2D eigenvalue weighted by atomic mass is 19.1. The maximum Gasteiger partial charge on any atom is 0.123 e. The Hall–Kier alpha value is -1.64. The standard InChI is InChI=1S/C14H17FN2/c1-9(2)14-13(10(3)16-17-14)8-11-5-4-6-12(15)7-11/h4-7,9H,8H2,1-3H3,(H,16,17). The molecule has 0 unspecified atom stereocenters. The lowest BCUT2D eigenvalue weighted by Crippen LogP contribution is -1.97. The Morgan fingerprint density at radius 2 is 2.12 bits per heavy atom. The largest absolute Gasteiger partial charge is 0.282 e.